The Labute approximate surface area is 270 Å². The molecule has 3 amide bonds. The summed E-state index contributed by atoms with van der Waals surface area (Å²) < 4.78 is 35.8. The van der Waals surface area contributed by atoms with Crippen LogP contribution in [-0.2, 0) is 26.3 Å². The van der Waals surface area contributed by atoms with Gasteiger partial charge in [0.1, 0.15) is 5.75 Å². The van der Waals surface area contributed by atoms with Crippen molar-refractivity contribution in [1.82, 2.24) is 23.4 Å². The van der Waals surface area contributed by atoms with Crippen molar-refractivity contribution in [2.45, 2.75) is 51.5 Å². The average Bonchev–Trinajstić information content (AvgIpc) is 3.26. The van der Waals surface area contributed by atoms with Crippen LogP contribution in [-0.4, -0.2) is 92.2 Å². The maximum absolute atomic E-state index is 14.2. The number of nitrogens with zero attached hydrogens (tertiary/aromatic N) is 4. The van der Waals surface area contributed by atoms with Gasteiger partial charge in [0.15, 0.2) is 0 Å². The summed E-state index contributed by atoms with van der Waals surface area (Å²) in [5.74, 6) is 0.157. The first kappa shape index (κ1) is 31.8. The van der Waals surface area contributed by atoms with Gasteiger partial charge in [-0.25, -0.2) is 4.72 Å². The average molecular weight is 648 g/mol. The zero-order chi connectivity index (χ0) is 32.7. The van der Waals surface area contributed by atoms with Crippen molar-refractivity contribution in [3.8, 4) is 17.0 Å². The van der Waals surface area contributed by atoms with Gasteiger partial charge in [-0.3, -0.25) is 14.4 Å². The molecule has 46 heavy (non-hydrogen) atoms. The highest BCUT2D eigenvalue weighted by Crippen LogP contribution is 2.47. The van der Waals surface area contributed by atoms with E-state index in [2.05, 4.69) is 9.29 Å². The largest absolute Gasteiger partial charge is 0.497 e. The SMILES string of the molecule is COc1ccc2c(c1)C=C(C(=O)N1CCN(C(C)=O)CC1)Cn1c-2c(C2CCCCC2)c2ccc(C(=O)NS(=O)(=O)N(C)C)cc21. The van der Waals surface area contributed by atoms with E-state index in [1.165, 1.54) is 26.1 Å². The van der Waals surface area contributed by atoms with Crippen LogP contribution in [0.4, 0.5) is 0 Å². The number of piperazine rings is 1. The fourth-order valence-corrected chi connectivity index (χ4v) is 7.54. The monoisotopic (exact) mass is 647 g/mol. The van der Waals surface area contributed by atoms with E-state index in [0.717, 1.165) is 57.7 Å². The van der Waals surface area contributed by atoms with Crippen molar-refractivity contribution in [3.05, 3.63) is 58.7 Å². The minimum absolute atomic E-state index is 0.00118. The number of hydrogen-bond acceptors (Lipinski definition) is 6. The van der Waals surface area contributed by atoms with Gasteiger partial charge >= 0.3 is 10.2 Å². The first-order valence-electron chi connectivity index (χ1n) is 15.8. The van der Waals surface area contributed by atoms with Crippen LogP contribution in [0.2, 0.25) is 0 Å². The molecule has 3 aliphatic rings. The summed E-state index contributed by atoms with van der Waals surface area (Å²) in [6.07, 6.45) is 7.48. The van der Waals surface area contributed by atoms with Gasteiger partial charge in [0.2, 0.25) is 5.91 Å². The van der Waals surface area contributed by atoms with Crippen LogP contribution in [0.15, 0.2) is 42.0 Å². The Balaban J connectivity index is 1.52. The maximum Gasteiger partial charge on any atom is 0.303 e. The summed E-state index contributed by atoms with van der Waals surface area (Å²) >= 11 is 0. The lowest BCUT2D eigenvalue weighted by molar-refractivity contribution is -0.136. The smallest absolute Gasteiger partial charge is 0.303 e. The van der Waals surface area contributed by atoms with Crippen molar-refractivity contribution in [1.29, 1.82) is 0 Å². The number of aromatic nitrogens is 1. The molecule has 12 heteroatoms. The van der Waals surface area contributed by atoms with Crippen molar-refractivity contribution >= 4 is 44.9 Å². The molecule has 0 atom stereocenters. The Morgan fingerprint density at radius 3 is 2.28 bits per heavy atom. The summed E-state index contributed by atoms with van der Waals surface area (Å²) in [6, 6.07) is 11.3. The van der Waals surface area contributed by atoms with Gasteiger partial charge in [-0.05, 0) is 66.3 Å². The van der Waals surface area contributed by atoms with Crippen LogP contribution in [0.25, 0.3) is 28.2 Å². The lowest BCUT2D eigenvalue weighted by Gasteiger charge is -2.34. The van der Waals surface area contributed by atoms with Crippen molar-refractivity contribution in [2.75, 3.05) is 47.4 Å². The summed E-state index contributed by atoms with van der Waals surface area (Å²) in [5.41, 5.74) is 5.63. The molecule has 1 N–H and O–H groups in total. The van der Waals surface area contributed by atoms with Crippen LogP contribution in [0.3, 0.4) is 0 Å². The molecular weight excluding hydrogens is 606 g/mol. The number of carbonyl (C=O) groups excluding carboxylic acids is 3. The Bertz CT molecular complexity index is 1850. The van der Waals surface area contributed by atoms with E-state index in [0.29, 0.717) is 43.4 Å². The molecule has 1 saturated heterocycles. The Morgan fingerprint density at radius 2 is 1.63 bits per heavy atom. The van der Waals surface area contributed by atoms with E-state index in [4.69, 9.17) is 4.74 Å². The molecule has 11 nitrogen and oxygen atoms in total. The van der Waals surface area contributed by atoms with E-state index in [1.807, 2.05) is 30.3 Å². The molecular formula is C34H41N5O6S. The predicted molar refractivity (Wildman–Crippen MR) is 177 cm³/mol. The number of nitrogens with one attached hydrogen (secondary N) is 1. The van der Waals surface area contributed by atoms with Gasteiger partial charge < -0.3 is 19.1 Å². The number of hydrogen-bond donors (Lipinski definition) is 1. The molecule has 0 spiro atoms. The summed E-state index contributed by atoms with van der Waals surface area (Å²) in [4.78, 5) is 42.9. The lowest BCUT2D eigenvalue weighted by Crippen LogP contribution is -2.50. The topological polar surface area (TPSA) is 121 Å². The number of benzene rings is 2. The second kappa shape index (κ2) is 12.6. The summed E-state index contributed by atoms with van der Waals surface area (Å²) in [5, 5.41) is 0.999. The van der Waals surface area contributed by atoms with Gasteiger partial charge in [0.25, 0.3) is 11.8 Å². The molecule has 1 aliphatic carbocycles. The van der Waals surface area contributed by atoms with Crippen molar-refractivity contribution in [3.63, 3.8) is 0 Å². The van der Waals surface area contributed by atoms with Gasteiger partial charge in [-0.2, -0.15) is 12.7 Å². The van der Waals surface area contributed by atoms with E-state index in [1.54, 1.807) is 36.0 Å². The van der Waals surface area contributed by atoms with Gasteiger partial charge in [0, 0.05) is 74.8 Å². The zero-order valence-corrected chi connectivity index (χ0v) is 27.7. The molecule has 2 aliphatic heterocycles. The Kier molecular flexibility index (Phi) is 8.68. The molecule has 0 radical (unpaired) electrons. The first-order chi connectivity index (χ1) is 22.0. The molecule has 1 saturated carbocycles. The Morgan fingerprint density at radius 1 is 0.935 bits per heavy atom. The molecule has 2 fully saturated rings. The number of amides is 3. The molecule has 3 heterocycles. The number of rotatable bonds is 6. The predicted octanol–water partition coefficient (Wildman–Crippen LogP) is 3.99. The molecule has 6 rings (SSSR count). The molecule has 244 valence electrons. The molecule has 2 aromatic carbocycles. The van der Waals surface area contributed by atoms with Gasteiger partial charge in [-0.1, -0.05) is 25.3 Å². The quantitative estimate of drug-likeness (QED) is 0.432. The fraction of sp³-hybridized carbons (Fsp3) is 0.441. The van der Waals surface area contributed by atoms with Crippen LogP contribution in [0, 0.1) is 0 Å². The lowest BCUT2D eigenvalue weighted by atomic mass is 9.81. The second-order valence-electron chi connectivity index (χ2n) is 12.6. The summed E-state index contributed by atoms with van der Waals surface area (Å²) in [7, 11) is 0.351. The van der Waals surface area contributed by atoms with E-state index >= 15 is 0 Å². The number of methoxy groups -OCH3 is 1. The summed E-state index contributed by atoms with van der Waals surface area (Å²) in [6.45, 7) is 3.66. The minimum Gasteiger partial charge on any atom is -0.497 e. The van der Waals surface area contributed by atoms with Crippen LogP contribution in [0.5, 0.6) is 5.75 Å². The van der Waals surface area contributed by atoms with Gasteiger partial charge in [-0.15, -0.1) is 0 Å². The number of fused-ring (bicyclic) bond motifs is 5. The zero-order valence-electron chi connectivity index (χ0n) is 26.8. The highest BCUT2D eigenvalue weighted by Gasteiger charge is 2.32. The maximum atomic E-state index is 14.2. The third kappa shape index (κ3) is 5.91. The molecule has 3 aromatic rings. The Hall–Kier alpha value is -4.16. The van der Waals surface area contributed by atoms with Crippen LogP contribution in [0.1, 0.15) is 66.4 Å². The van der Waals surface area contributed by atoms with E-state index in [9.17, 15) is 22.8 Å². The van der Waals surface area contributed by atoms with Crippen molar-refractivity contribution in [2.24, 2.45) is 0 Å². The molecule has 0 unspecified atom stereocenters. The molecule has 1 aromatic heterocycles. The van der Waals surface area contributed by atoms with E-state index in [-0.39, 0.29) is 23.9 Å². The number of carbonyl (C=O) groups is 3. The van der Waals surface area contributed by atoms with Crippen LogP contribution < -0.4 is 9.46 Å². The standard InChI is InChI=1S/C34H41N5O6S/c1-22(40)37-14-16-38(17-15-37)34(42)26-18-25-19-27(45-4)11-13-28(25)32-31(23-8-6-5-7-9-23)29-12-10-24(20-30(29)39(32)21-26)33(41)35-46(43,44)36(2)3/h10-13,18-20,23H,5-9,14-17,21H2,1-4H3,(H,35,41). The van der Waals surface area contributed by atoms with E-state index < -0.39 is 16.1 Å². The number of ether oxygens (including phenoxy) is 1. The van der Waals surface area contributed by atoms with Crippen molar-refractivity contribution < 1.29 is 27.5 Å². The van der Waals surface area contributed by atoms with Crippen LogP contribution >= 0.6 is 0 Å². The molecule has 0 bridgehead atoms. The minimum atomic E-state index is -3.99. The normalized spacial score (nSPS) is 17.3. The fourth-order valence-electron chi connectivity index (χ4n) is 7.01. The second-order valence-corrected chi connectivity index (χ2v) is 14.4. The first-order valence-corrected chi connectivity index (χ1v) is 17.3. The third-order valence-corrected chi connectivity index (χ3v) is 10.9. The highest BCUT2D eigenvalue weighted by molar-refractivity contribution is 7.87. The highest BCUT2D eigenvalue weighted by atomic mass is 32.2. The van der Waals surface area contributed by atoms with Gasteiger partial charge in [0.05, 0.1) is 19.3 Å². The third-order valence-electron chi connectivity index (χ3n) is 9.54.